The topological polar surface area (TPSA) is 70.7 Å². The van der Waals surface area contributed by atoms with Crippen molar-refractivity contribution < 1.29 is 14.3 Å². The zero-order valence-electron chi connectivity index (χ0n) is 10.7. The smallest absolute Gasteiger partial charge is 0.408 e. The maximum Gasteiger partial charge on any atom is 0.408 e. The van der Waals surface area contributed by atoms with Crippen molar-refractivity contribution in [2.75, 3.05) is 14.1 Å². The molecule has 0 spiro atoms. The molecule has 1 atom stereocenters. The fraction of sp³-hybridized carbons (Fsp3) is 0.800. The second-order valence-electron chi connectivity index (χ2n) is 4.74. The van der Waals surface area contributed by atoms with E-state index in [0.717, 1.165) is 0 Å². The number of hydrogen-bond donors (Lipinski definition) is 2. The molecular formula is C10H21N3O3. The monoisotopic (exact) mass is 231 g/mol. The highest BCUT2D eigenvalue weighted by Crippen LogP contribution is 2.06. The Bertz CT molecular complexity index is 259. The van der Waals surface area contributed by atoms with E-state index >= 15 is 0 Å². The van der Waals surface area contributed by atoms with Crippen molar-refractivity contribution in [3.63, 3.8) is 0 Å². The van der Waals surface area contributed by atoms with Crippen LogP contribution in [0.25, 0.3) is 0 Å². The van der Waals surface area contributed by atoms with Crippen LogP contribution in [-0.4, -0.2) is 42.7 Å². The molecule has 0 aliphatic carbocycles. The number of hydrogen-bond acceptors (Lipinski definition) is 4. The lowest BCUT2D eigenvalue weighted by Gasteiger charge is -2.22. The molecule has 0 aliphatic rings. The minimum Gasteiger partial charge on any atom is -0.444 e. The molecule has 0 saturated carbocycles. The van der Waals surface area contributed by atoms with E-state index in [-0.39, 0.29) is 5.91 Å². The van der Waals surface area contributed by atoms with Crippen molar-refractivity contribution >= 4 is 12.0 Å². The van der Waals surface area contributed by atoms with Gasteiger partial charge in [0, 0.05) is 14.1 Å². The maximum absolute atomic E-state index is 11.4. The van der Waals surface area contributed by atoms with Gasteiger partial charge in [-0.05, 0) is 27.7 Å². The minimum atomic E-state index is -0.641. The first-order valence-electron chi connectivity index (χ1n) is 5.09. The predicted octanol–water partition coefficient (Wildman–Crippen LogP) is 0.492. The largest absolute Gasteiger partial charge is 0.444 e. The van der Waals surface area contributed by atoms with Crippen LogP contribution in [0, 0.1) is 0 Å². The molecule has 6 nitrogen and oxygen atoms in total. The van der Waals surface area contributed by atoms with Gasteiger partial charge in [0.25, 0.3) is 5.91 Å². The van der Waals surface area contributed by atoms with Crippen molar-refractivity contribution in [2.24, 2.45) is 0 Å². The van der Waals surface area contributed by atoms with Gasteiger partial charge in [0.2, 0.25) is 0 Å². The number of alkyl carbamates (subject to hydrolysis) is 1. The van der Waals surface area contributed by atoms with Crippen molar-refractivity contribution in [1.29, 1.82) is 0 Å². The van der Waals surface area contributed by atoms with Crippen molar-refractivity contribution in [2.45, 2.75) is 39.3 Å². The molecule has 94 valence electrons. The van der Waals surface area contributed by atoms with Gasteiger partial charge < -0.3 is 10.1 Å². The molecule has 1 unspecified atom stereocenters. The Morgan fingerprint density at radius 2 is 1.75 bits per heavy atom. The van der Waals surface area contributed by atoms with Crippen LogP contribution >= 0.6 is 0 Å². The average molecular weight is 231 g/mol. The number of nitrogens with zero attached hydrogens (tertiary/aromatic N) is 1. The Morgan fingerprint density at radius 3 is 2.12 bits per heavy atom. The van der Waals surface area contributed by atoms with E-state index in [9.17, 15) is 9.59 Å². The molecule has 0 radical (unpaired) electrons. The van der Waals surface area contributed by atoms with E-state index in [1.165, 1.54) is 5.01 Å². The summed E-state index contributed by atoms with van der Waals surface area (Å²) in [5, 5.41) is 3.95. The Labute approximate surface area is 96.3 Å². The summed E-state index contributed by atoms with van der Waals surface area (Å²) >= 11 is 0. The van der Waals surface area contributed by atoms with Crippen LogP contribution in [0.5, 0.6) is 0 Å². The van der Waals surface area contributed by atoms with Crippen LogP contribution in [0.15, 0.2) is 0 Å². The number of ether oxygens (including phenoxy) is 1. The number of carbonyl (C=O) groups is 2. The van der Waals surface area contributed by atoms with Crippen LogP contribution in [0.1, 0.15) is 27.7 Å². The molecule has 0 aromatic carbocycles. The Hall–Kier alpha value is -1.30. The van der Waals surface area contributed by atoms with Crippen molar-refractivity contribution in [1.82, 2.24) is 15.8 Å². The number of nitrogens with one attached hydrogen (secondary N) is 2. The van der Waals surface area contributed by atoms with Gasteiger partial charge in [-0.2, -0.15) is 0 Å². The summed E-state index contributed by atoms with van der Waals surface area (Å²) in [5.41, 5.74) is 1.97. The van der Waals surface area contributed by atoms with Crippen molar-refractivity contribution in [3.05, 3.63) is 0 Å². The van der Waals surface area contributed by atoms with Gasteiger partial charge in [-0.25, -0.2) is 9.80 Å². The van der Waals surface area contributed by atoms with Crippen LogP contribution < -0.4 is 10.7 Å². The average Bonchev–Trinajstić information content (AvgIpc) is 1.98. The second kappa shape index (κ2) is 5.69. The molecule has 16 heavy (non-hydrogen) atoms. The molecule has 0 rings (SSSR count). The predicted molar refractivity (Wildman–Crippen MR) is 60.7 cm³/mol. The second-order valence-corrected chi connectivity index (χ2v) is 4.74. The van der Waals surface area contributed by atoms with Gasteiger partial charge in [0.15, 0.2) is 0 Å². The lowest BCUT2D eigenvalue weighted by atomic mass is 10.2. The zero-order chi connectivity index (χ0) is 12.9. The van der Waals surface area contributed by atoms with Gasteiger partial charge in [0.05, 0.1) is 0 Å². The van der Waals surface area contributed by atoms with E-state index in [0.29, 0.717) is 0 Å². The summed E-state index contributed by atoms with van der Waals surface area (Å²) in [7, 11) is 3.39. The van der Waals surface area contributed by atoms with E-state index < -0.39 is 17.7 Å². The molecule has 0 aromatic rings. The summed E-state index contributed by atoms with van der Waals surface area (Å²) in [6.07, 6.45) is -0.603. The SMILES string of the molecule is CC(NC(=O)OC(C)(C)C)C(=O)NN(C)C. The Morgan fingerprint density at radius 1 is 1.25 bits per heavy atom. The standard InChI is InChI=1S/C10H21N3O3/c1-7(8(14)12-13(5)6)11-9(15)16-10(2,3)4/h7H,1-6H3,(H,11,15)(H,12,14). The summed E-state index contributed by atoms with van der Waals surface area (Å²) in [5.74, 6) is -0.296. The Kier molecular flexibility index (Phi) is 5.23. The first-order chi connectivity index (χ1) is 7.11. The molecule has 0 aliphatic heterocycles. The third kappa shape index (κ3) is 7.05. The highest BCUT2D eigenvalue weighted by molar-refractivity contribution is 5.84. The molecule has 6 heteroatoms. The van der Waals surface area contributed by atoms with E-state index in [2.05, 4.69) is 10.7 Å². The lowest BCUT2D eigenvalue weighted by molar-refractivity contribution is -0.126. The first kappa shape index (κ1) is 14.7. The van der Waals surface area contributed by atoms with Crippen LogP contribution in [0.4, 0.5) is 4.79 Å². The van der Waals surface area contributed by atoms with E-state index in [1.807, 2.05) is 0 Å². The van der Waals surface area contributed by atoms with E-state index in [4.69, 9.17) is 4.74 Å². The summed E-state index contributed by atoms with van der Waals surface area (Å²) in [6.45, 7) is 6.87. The summed E-state index contributed by atoms with van der Waals surface area (Å²) in [6, 6.07) is -0.641. The fourth-order valence-corrected chi connectivity index (χ4v) is 0.867. The third-order valence-corrected chi connectivity index (χ3v) is 1.46. The Balaban J connectivity index is 4.09. The highest BCUT2D eigenvalue weighted by atomic mass is 16.6. The maximum atomic E-state index is 11.4. The van der Waals surface area contributed by atoms with Crippen LogP contribution in [0.2, 0.25) is 0 Å². The minimum absolute atomic E-state index is 0.296. The van der Waals surface area contributed by atoms with Crippen LogP contribution in [0.3, 0.4) is 0 Å². The molecule has 0 bridgehead atoms. The third-order valence-electron chi connectivity index (χ3n) is 1.46. The van der Waals surface area contributed by atoms with Gasteiger partial charge >= 0.3 is 6.09 Å². The molecule has 0 aromatic heterocycles. The summed E-state index contributed by atoms with van der Waals surface area (Å²) < 4.78 is 5.02. The van der Waals surface area contributed by atoms with Crippen molar-refractivity contribution in [3.8, 4) is 0 Å². The van der Waals surface area contributed by atoms with Gasteiger partial charge in [-0.15, -0.1) is 0 Å². The quantitative estimate of drug-likeness (QED) is 0.694. The number of amides is 2. The van der Waals surface area contributed by atoms with Crippen LogP contribution in [-0.2, 0) is 9.53 Å². The van der Waals surface area contributed by atoms with Gasteiger partial charge in [0.1, 0.15) is 11.6 Å². The van der Waals surface area contributed by atoms with Gasteiger partial charge in [-0.3, -0.25) is 10.2 Å². The number of rotatable bonds is 3. The number of carbonyl (C=O) groups excluding carboxylic acids is 2. The molecule has 0 heterocycles. The molecule has 2 N–H and O–H groups in total. The summed E-state index contributed by atoms with van der Waals surface area (Å²) in [4.78, 5) is 22.8. The highest BCUT2D eigenvalue weighted by Gasteiger charge is 2.20. The first-order valence-corrected chi connectivity index (χ1v) is 5.09. The normalized spacial score (nSPS) is 13.2. The molecule has 0 saturated heterocycles. The molecule has 0 fully saturated rings. The fourth-order valence-electron chi connectivity index (χ4n) is 0.867. The van der Waals surface area contributed by atoms with E-state index in [1.54, 1.807) is 41.8 Å². The zero-order valence-corrected chi connectivity index (χ0v) is 10.7. The van der Waals surface area contributed by atoms with Gasteiger partial charge in [-0.1, -0.05) is 0 Å². The molecular weight excluding hydrogens is 210 g/mol. The lowest BCUT2D eigenvalue weighted by Crippen LogP contribution is -2.49. The number of hydrazine groups is 1. The molecule has 2 amide bonds.